The third kappa shape index (κ3) is 4.72. The van der Waals surface area contributed by atoms with Crippen molar-refractivity contribution < 1.29 is 36.8 Å². The normalized spacial score (nSPS) is 11.1. The number of ether oxygens (including phenoxy) is 2. The van der Waals surface area contributed by atoms with Crippen LogP contribution in [0.15, 0.2) is 28.8 Å². The zero-order chi connectivity index (χ0) is 18.6. The van der Waals surface area contributed by atoms with Crippen molar-refractivity contribution in [2.24, 2.45) is 0 Å². The number of amides is 1. The van der Waals surface area contributed by atoms with Gasteiger partial charge in [0.05, 0.1) is 6.61 Å². The van der Waals surface area contributed by atoms with Crippen molar-refractivity contribution in [3.63, 3.8) is 0 Å². The van der Waals surface area contributed by atoms with Gasteiger partial charge in [0.1, 0.15) is 17.1 Å². The average molecular weight is 360 g/mol. The highest BCUT2D eigenvalue weighted by Gasteiger charge is 2.31. The van der Waals surface area contributed by atoms with Crippen molar-refractivity contribution in [2.45, 2.75) is 20.2 Å². The second-order valence-electron chi connectivity index (χ2n) is 4.71. The molecule has 0 aliphatic rings. The lowest BCUT2D eigenvalue weighted by Gasteiger charge is -2.10. The number of alkyl halides is 3. The molecule has 0 fully saturated rings. The molecule has 2 rings (SSSR count). The summed E-state index contributed by atoms with van der Waals surface area (Å²) >= 11 is 0. The van der Waals surface area contributed by atoms with Crippen LogP contribution in [0.25, 0.3) is 0 Å². The number of anilines is 1. The van der Waals surface area contributed by atoms with Gasteiger partial charge in [0, 0.05) is 5.69 Å². The molecule has 10 heteroatoms. The van der Waals surface area contributed by atoms with Gasteiger partial charge in [0.15, 0.2) is 0 Å². The van der Waals surface area contributed by atoms with Gasteiger partial charge in [-0.15, -0.1) is 13.2 Å². The summed E-state index contributed by atoms with van der Waals surface area (Å²) in [6, 6.07) is 4.50. The molecule has 1 aromatic carbocycles. The number of aromatic nitrogens is 1. The Balaban J connectivity index is 2.15. The van der Waals surface area contributed by atoms with Crippen molar-refractivity contribution in [1.82, 2.24) is 5.16 Å². The van der Waals surface area contributed by atoms with Crippen molar-refractivity contribution in [2.75, 3.05) is 11.9 Å². The third-order valence-corrected chi connectivity index (χ3v) is 2.90. The molecular formula is C15H13F3N2O5. The van der Waals surface area contributed by atoms with E-state index >= 15 is 0 Å². The Hall–Kier alpha value is -3.04. The first-order valence-electron chi connectivity index (χ1n) is 7.02. The maximum atomic E-state index is 12.3. The topological polar surface area (TPSA) is 90.7 Å². The summed E-state index contributed by atoms with van der Waals surface area (Å²) in [4.78, 5) is 24.1. The minimum Gasteiger partial charge on any atom is -0.461 e. The molecule has 0 atom stereocenters. The number of rotatable bonds is 5. The summed E-state index contributed by atoms with van der Waals surface area (Å²) in [7, 11) is 0. The van der Waals surface area contributed by atoms with Gasteiger partial charge in [-0.2, -0.15) is 0 Å². The van der Waals surface area contributed by atoms with Gasteiger partial charge in [-0.1, -0.05) is 5.16 Å². The van der Waals surface area contributed by atoms with E-state index in [-0.39, 0.29) is 29.3 Å². The summed E-state index contributed by atoms with van der Waals surface area (Å²) in [6.45, 7) is 3.12. The highest BCUT2D eigenvalue weighted by atomic mass is 19.4. The van der Waals surface area contributed by atoms with E-state index in [0.717, 1.165) is 12.1 Å². The fourth-order valence-electron chi connectivity index (χ4n) is 1.91. The van der Waals surface area contributed by atoms with Gasteiger partial charge >= 0.3 is 12.3 Å². The highest BCUT2D eigenvalue weighted by molar-refractivity contribution is 6.10. The van der Waals surface area contributed by atoms with Gasteiger partial charge in [-0.05, 0) is 38.1 Å². The van der Waals surface area contributed by atoms with Crippen LogP contribution in [0.5, 0.6) is 5.75 Å². The lowest BCUT2D eigenvalue weighted by molar-refractivity contribution is -0.274. The SMILES string of the molecule is CCOC(=O)c1noc(C)c1[14C](=O)Nc1ccc(OC(F)(F)F)cc1. The fraction of sp³-hybridized carbons (Fsp3) is 0.267. The van der Waals surface area contributed by atoms with E-state index in [0.29, 0.717) is 0 Å². The number of nitrogens with one attached hydrogen (secondary N) is 1. The molecule has 0 spiro atoms. The van der Waals surface area contributed by atoms with Crippen LogP contribution in [0.1, 0.15) is 33.5 Å². The van der Waals surface area contributed by atoms with Gasteiger partial charge < -0.3 is 19.3 Å². The molecule has 1 heterocycles. The maximum Gasteiger partial charge on any atom is 0.573 e. The van der Waals surface area contributed by atoms with Crippen LogP contribution in [0, 0.1) is 6.92 Å². The Morgan fingerprint density at radius 1 is 1.32 bits per heavy atom. The zero-order valence-corrected chi connectivity index (χ0v) is 13.1. The van der Waals surface area contributed by atoms with E-state index in [1.165, 1.54) is 19.1 Å². The van der Waals surface area contributed by atoms with Gasteiger partial charge in [0.25, 0.3) is 5.91 Å². The van der Waals surface area contributed by atoms with Crippen LogP contribution in [-0.4, -0.2) is 30.0 Å². The molecule has 7 nitrogen and oxygen atoms in total. The molecular weight excluding hydrogens is 347 g/mol. The third-order valence-electron chi connectivity index (χ3n) is 2.90. The van der Waals surface area contributed by atoms with Gasteiger partial charge in [0.2, 0.25) is 5.69 Å². The number of aryl methyl sites for hydroxylation is 1. The standard InChI is InChI=1S/C15H13F3N2O5/c1-3-23-14(22)12-11(8(2)25-20-12)13(21)19-9-4-6-10(7-5-9)24-15(16,17)18/h4-7H,3H2,1-2H3,(H,19,21)/i13+2. The predicted octanol–water partition coefficient (Wildman–Crippen LogP) is 3.31. The first kappa shape index (κ1) is 18.3. The molecule has 1 aromatic heterocycles. The van der Waals surface area contributed by atoms with Crippen LogP contribution < -0.4 is 10.1 Å². The first-order chi connectivity index (χ1) is 11.7. The lowest BCUT2D eigenvalue weighted by Crippen LogP contribution is -2.18. The molecule has 25 heavy (non-hydrogen) atoms. The summed E-state index contributed by atoms with van der Waals surface area (Å²) < 4.78 is 49.7. The molecule has 0 saturated carbocycles. The highest BCUT2D eigenvalue weighted by Crippen LogP contribution is 2.24. The fourth-order valence-corrected chi connectivity index (χ4v) is 1.91. The van der Waals surface area contributed by atoms with Crippen molar-refractivity contribution >= 4 is 17.6 Å². The van der Waals surface area contributed by atoms with Crippen molar-refractivity contribution in [3.05, 3.63) is 41.3 Å². The Labute approximate surface area is 139 Å². The Morgan fingerprint density at radius 2 is 1.96 bits per heavy atom. The number of nitrogens with zero attached hydrogens (tertiary/aromatic N) is 1. The average Bonchev–Trinajstić information content (AvgIpc) is 2.90. The number of carbonyl (C=O) groups excluding carboxylic acids is 2. The van der Waals surface area contributed by atoms with Crippen molar-refractivity contribution in [3.8, 4) is 5.75 Å². The van der Waals surface area contributed by atoms with Gasteiger partial charge in [-0.3, -0.25) is 4.79 Å². The quantitative estimate of drug-likeness (QED) is 0.823. The van der Waals surface area contributed by atoms with E-state index in [9.17, 15) is 22.8 Å². The zero-order valence-electron chi connectivity index (χ0n) is 13.1. The second kappa shape index (κ2) is 7.24. The molecule has 0 aliphatic heterocycles. The van der Waals surface area contributed by atoms with E-state index in [4.69, 9.17) is 9.26 Å². The number of halogens is 3. The minimum absolute atomic E-state index is 0.0897. The van der Waals surface area contributed by atoms with E-state index < -0.39 is 24.0 Å². The van der Waals surface area contributed by atoms with Crippen LogP contribution in [-0.2, 0) is 4.74 Å². The lowest BCUT2D eigenvalue weighted by atomic mass is 10.3. The minimum atomic E-state index is -4.81. The van der Waals surface area contributed by atoms with Crippen LogP contribution >= 0.6 is 0 Å². The summed E-state index contributed by atoms with van der Waals surface area (Å²) in [6.07, 6.45) is -4.81. The first-order valence-corrected chi connectivity index (χ1v) is 7.02. The van der Waals surface area contributed by atoms with Crippen LogP contribution in [0.2, 0.25) is 0 Å². The summed E-state index contributed by atoms with van der Waals surface area (Å²) in [5.41, 5.74) is -0.210. The number of hydrogen-bond donors (Lipinski definition) is 1. The van der Waals surface area contributed by atoms with Crippen molar-refractivity contribution in [1.29, 1.82) is 0 Å². The molecule has 0 unspecified atom stereocenters. The number of carbonyl (C=O) groups is 2. The largest absolute Gasteiger partial charge is 0.573 e. The molecule has 2 aromatic rings. The van der Waals surface area contributed by atoms with E-state index in [1.54, 1.807) is 6.92 Å². The maximum absolute atomic E-state index is 12.3. The number of hydrogen-bond acceptors (Lipinski definition) is 6. The van der Waals surface area contributed by atoms with Crippen LogP contribution in [0.4, 0.5) is 18.9 Å². The molecule has 134 valence electrons. The molecule has 0 aliphatic carbocycles. The summed E-state index contributed by atoms with van der Waals surface area (Å²) in [5.74, 6) is -1.87. The molecule has 0 saturated heterocycles. The second-order valence-corrected chi connectivity index (χ2v) is 4.71. The Morgan fingerprint density at radius 3 is 2.52 bits per heavy atom. The molecule has 1 amide bonds. The smallest absolute Gasteiger partial charge is 0.461 e. The number of benzene rings is 1. The predicted molar refractivity (Wildman–Crippen MR) is 78.3 cm³/mol. The molecule has 1 N–H and O–H groups in total. The monoisotopic (exact) mass is 360 g/mol. The van der Waals surface area contributed by atoms with E-state index in [2.05, 4.69) is 15.2 Å². The Kier molecular flexibility index (Phi) is 5.30. The van der Waals surface area contributed by atoms with Gasteiger partial charge in [-0.25, -0.2) is 4.79 Å². The van der Waals surface area contributed by atoms with E-state index in [1.807, 2.05) is 0 Å². The summed E-state index contributed by atoms with van der Waals surface area (Å²) in [5, 5.41) is 5.93. The molecule has 0 radical (unpaired) electrons. The van der Waals surface area contributed by atoms with Crippen LogP contribution in [0.3, 0.4) is 0 Å². The Bertz CT molecular complexity index is 768. The molecule has 0 bridgehead atoms. The number of esters is 1.